The van der Waals surface area contributed by atoms with Crippen molar-refractivity contribution in [1.29, 1.82) is 5.26 Å². The van der Waals surface area contributed by atoms with Gasteiger partial charge in [0.05, 0.1) is 18.2 Å². The van der Waals surface area contributed by atoms with Crippen LogP contribution in [0.4, 0.5) is 39.8 Å². The molecule has 7 aromatic rings. The first kappa shape index (κ1) is 34.9. The number of benzene rings is 7. The molecule has 0 radical (unpaired) electrons. The molecular weight excluding hydrogens is 681 g/mol. The molecule has 0 bridgehead atoms. The Morgan fingerprint density at radius 2 is 0.875 bits per heavy atom. The molecule has 0 aliphatic heterocycles. The summed E-state index contributed by atoms with van der Waals surface area (Å²) in [6.45, 7) is 21.7. The summed E-state index contributed by atoms with van der Waals surface area (Å²) in [6, 6.07) is 52.9. The van der Waals surface area contributed by atoms with Gasteiger partial charge in [-0.3, -0.25) is 0 Å². The molecule has 0 heterocycles. The van der Waals surface area contributed by atoms with Crippen LogP contribution in [0.15, 0.2) is 146 Å². The Balaban J connectivity index is 1.20. The van der Waals surface area contributed by atoms with E-state index in [1.807, 2.05) is 60.7 Å². The maximum Gasteiger partial charge on any atom is 0.187 e. The van der Waals surface area contributed by atoms with Gasteiger partial charge in [-0.25, -0.2) is 4.85 Å². The number of anilines is 6. The van der Waals surface area contributed by atoms with Gasteiger partial charge in [-0.05, 0) is 154 Å². The summed E-state index contributed by atoms with van der Waals surface area (Å²) >= 11 is 0. The zero-order valence-electron chi connectivity index (χ0n) is 32.6. The Bertz CT molecular complexity index is 2570. The third-order valence-corrected chi connectivity index (χ3v) is 12.2. The number of nitrogens with zero attached hydrogens (tertiary/aromatic N) is 4. The molecule has 0 amide bonds. The minimum absolute atomic E-state index is 0.278. The van der Waals surface area contributed by atoms with Gasteiger partial charge in [0.2, 0.25) is 0 Å². The molecular formula is C52H42N4. The highest BCUT2D eigenvalue weighted by Crippen LogP contribution is 2.62. The molecule has 0 saturated heterocycles. The third-order valence-electron chi connectivity index (χ3n) is 12.2. The maximum absolute atomic E-state index is 9.53. The van der Waals surface area contributed by atoms with Gasteiger partial charge in [-0.2, -0.15) is 5.26 Å². The normalized spacial score (nSPS) is 13.8. The molecule has 0 fully saturated rings. The summed E-state index contributed by atoms with van der Waals surface area (Å²) < 4.78 is 0. The monoisotopic (exact) mass is 722 g/mol. The van der Waals surface area contributed by atoms with Crippen LogP contribution in [0.2, 0.25) is 0 Å². The van der Waals surface area contributed by atoms with Crippen LogP contribution in [0, 0.1) is 31.8 Å². The fraction of sp³-hybridized carbons (Fsp3) is 0.154. The summed E-state index contributed by atoms with van der Waals surface area (Å²) in [5.41, 5.74) is 20.6. The Morgan fingerprint density at radius 3 is 1.27 bits per heavy atom. The number of nitriles is 1. The number of para-hydroxylation sites is 2. The van der Waals surface area contributed by atoms with E-state index in [0.29, 0.717) is 11.3 Å². The molecule has 0 atom stereocenters. The lowest BCUT2D eigenvalue weighted by Gasteiger charge is -2.33. The Kier molecular flexibility index (Phi) is 8.01. The summed E-state index contributed by atoms with van der Waals surface area (Å²) in [4.78, 5) is 8.23. The van der Waals surface area contributed by atoms with E-state index in [9.17, 15) is 5.26 Å². The van der Waals surface area contributed by atoms with E-state index in [-0.39, 0.29) is 10.8 Å². The van der Waals surface area contributed by atoms with Crippen molar-refractivity contribution >= 4 is 39.8 Å². The summed E-state index contributed by atoms with van der Waals surface area (Å²) in [6.07, 6.45) is 0. The van der Waals surface area contributed by atoms with E-state index in [2.05, 4.69) is 147 Å². The zero-order chi connectivity index (χ0) is 38.9. The molecule has 0 saturated carbocycles. The highest BCUT2D eigenvalue weighted by molar-refractivity contribution is 5.97. The second-order valence-corrected chi connectivity index (χ2v) is 16.1. The van der Waals surface area contributed by atoms with Crippen LogP contribution in [-0.4, -0.2) is 0 Å². The van der Waals surface area contributed by atoms with Crippen molar-refractivity contribution in [2.24, 2.45) is 0 Å². The summed E-state index contributed by atoms with van der Waals surface area (Å²) in [7, 11) is 0. The van der Waals surface area contributed by atoms with Crippen LogP contribution in [0.25, 0.3) is 27.1 Å². The topological polar surface area (TPSA) is 34.6 Å². The van der Waals surface area contributed by atoms with E-state index in [4.69, 9.17) is 6.57 Å². The third kappa shape index (κ3) is 5.18. The molecule has 56 heavy (non-hydrogen) atoms. The van der Waals surface area contributed by atoms with E-state index in [1.54, 1.807) is 0 Å². The number of fused-ring (bicyclic) bond motifs is 7. The lowest BCUT2D eigenvalue weighted by atomic mass is 9.71. The van der Waals surface area contributed by atoms with Crippen molar-refractivity contribution in [1.82, 2.24) is 0 Å². The quantitative estimate of drug-likeness (QED) is 0.160. The van der Waals surface area contributed by atoms with E-state index >= 15 is 0 Å². The van der Waals surface area contributed by atoms with Gasteiger partial charge in [0.1, 0.15) is 0 Å². The Labute approximate surface area is 330 Å². The van der Waals surface area contributed by atoms with Gasteiger partial charge in [0.25, 0.3) is 0 Å². The molecule has 4 heteroatoms. The van der Waals surface area contributed by atoms with Crippen molar-refractivity contribution in [2.45, 2.75) is 52.4 Å². The highest BCUT2D eigenvalue weighted by Gasteiger charge is 2.47. The average Bonchev–Trinajstić information content (AvgIpc) is 3.60. The zero-order valence-corrected chi connectivity index (χ0v) is 32.6. The molecule has 0 aromatic heterocycles. The van der Waals surface area contributed by atoms with Crippen LogP contribution in [-0.2, 0) is 10.8 Å². The predicted molar refractivity (Wildman–Crippen MR) is 231 cm³/mol. The molecule has 0 N–H and O–H groups in total. The van der Waals surface area contributed by atoms with Gasteiger partial charge in [-0.15, -0.1) is 0 Å². The fourth-order valence-electron chi connectivity index (χ4n) is 9.42. The number of rotatable bonds is 6. The van der Waals surface area contributed by atoms with E-state index in [0.717, 1.165) is 34.1 Å². The van der Waals surface area contributed by atoms with E-state index in [1.165, 1.54) is 55.6 Å². The van der Waals surface area contributed by atoms with Gasteiger partial charge < -0.3 is 9.80 Å². The van der Waals surface area contributed by atoms with Crippen LogP contribution in [0.1, 0.15) is 66.6 Å². The molecule has 2 aliphatic rings. The first-order chi connectivity index (χ1) is 27.0. The van der Waals surface area contributed by atoms with Gasteiger partial charge >= 0.3 is 0 Å². The smallest absolute Gasteiger partial charge is 0.187 e. The average molecular weight is 723 g/mol. The van der Waals surface area contributed by atoms with Crippen molar-refractivity contribution in [2.75, 3.05) is 9.80 Å². The molecule has 0 spiro atoms. The van der Waals surface area contributed by atoms with Gasteiger partial charge in [0.15, 0.2) is 5.69 Å². The first-order valence-electron chi connectivity index (χ1n) is 19.2. The SMILES string of the molecule is [C-]#[N+]c1ccc(N(c2ccccc2)c2ccc3c(c2)C(C)(C)c2c-3c(C)c(C)c3c2C(C)(C)c2cc(N(c4ccccc4)c4ccc(C#N)cc4)ccc2-3)cc1. The molecule has 7 aromatic carbocycles. The van der Waals surface area contributed by atoms with Crippen molar-refractivity contribution in [3.63, 3.8) is 0 Å². The van der Waals surface area contributed by atoms with Crippen molar-refractivity contribution < 1.29 is 0 Å². The lowest BCUT2D eigenvalue weighted by molar-refractivity contribution is 0.600. The minimum atomic E-state index is -0.279. The minimum Gasteiger partial charge on any atom is -0.311 e. The highest BCUT2D eigenvalue weighted by atomic mass is 15.1. The standard InChI is InChI=1S/C52H42N4/c1-33-34(2)48-44-29-27-42(56(38-16-12-9-13-17-38)40-24-20-36(54-7)21-25-40)31-46(44)52(5,6)50(48)49-47(33)43-28-26-41(30-45(43)51(49,3)4)55(37-14-10-8-11-15-37)39-22-18-35(32-53)19-23-39/h8-31H,1-6H3. The predicted octanol–water partition coefficient (Wildman–Crippen LogP) is 14.3. The van der Waals surface area contributed by atoms with Gasteiger partial charge in [-0.1, -0.05) is 88.4 Å². The number of hydrogen-bond donors (Lipinski definition) is 0. The van der Waals surface area contributed by atoms with Crippen molar-refractivity contribution in [3.8, 4) is 28.3 Å². The molecule has 4 nitrogen and oxygen atoms in total. The maximum atomic E-state index is 9.53. The summed E-state index contributed by atoms with van der Waals surface area (Å²) in [5, 5.41) is 9.53. The second kappa shape index (κ2) is 12.9. The molecule has 2 aliphatic carbocycles. The summed E-state index contributed by atoms with van der Waals surface area (Å²) in [5.74, 6) is 0. The fourth-order valence-corrected chi connectivity index (χ4v) is 9.42. The van der Waals surface area contributed by atoms with Crippen LogP contribution < -0.4 is 9.80 Å². The molecule has 270 valence electrons. The first-order valence-corrected chi connectivity index (χ1v) is 19.2. The molecule has 9 rings (SSSR count). The largest absolute Gasteiger partial charge is 0.311 e. The lowest BCUT2D eigenvalue weighted by Crippen LogP contribution is -2.25. The van der Waals surface area contributed by atoms with Crippen LogP contribution in [0.3, 0.4) is 0 Å². The van der Waals surface area contributed by atoms with Crippen molar-refractivity contribution in [3.05, 3.63) is 196 Å². The number of hydrogen-bond acceptors (Lipinski definition) is 3. The second-order valence-electron chi connectivity index (χ2n) is 16.1. The Hall–Kier alpha value is -6.88. The van der Waals surface area contributed by atoms with Crippen LogP contribution in [0.5, 0.6) is 0 Å². The van der Waals surface area contributed by atoms with Gasteiger partial charge in [0, 0.05) is 45.0 Å². The molecule has 0 unspecified atom stereocenters. The van der Waals surface area contributed by atoms with Crippen LogP contribution >= 0.6 is 0 Å². The Morgan fingerprint density at radius 1 is 0.500 bits per heavy atom. The van der Waals surface area contributed by atoms with E-state index < -0.39 is 0 Å².